The number of hydrogen-bond donors (Lipinski definition) is 0. The van der Waals surface area contributed by atoms with Gasteiger partial charge in [0.1, 0.15) is 23.8 Å². The molecule has 3 aromatic rings. The van der Waals surface area contributed by atoms with Gasteiger partial charge in [-0.3, -0.25) is 9.36 Å². The molecule has 0 bridgehead atoms. The van der Waals surface area contributed by atoms with Crippen LogP contribution in [0.25, 0.3) is 5.69 Å². The number of carbonyl (C=O) groups is 1. The van der Waals surface area contributed by atoms with Crippen molar-refractivity contribution >= 4 is 5.78 Å². The minimum Gasteiger partial charge on any atom is -0.288 e. The predicted molar refractivity (Wildman–Crippen MR) is 75.9 cm³/mol. The van der Waals surface area contributed by atoms with Crippen molar-refractivity contribution < 1.29 is 13.6 Å². The van der Waals surface area contributed by atoms with Crippen molar-refractivity contribution in [3.63, 3.8) is 0 Å². The summed E-state index contributed by atoms with van der Waals surface area (Å²) in [6.07, 6.45) is 1.44. The molecule has 0 amide bonds. The fraction of sp³-hybridized carbons (Fsp3) is 0.0625. The molecule has 0 saturated carbocycles. The molecule has 1 heterocycles. The maximum Gasteiger partial charge on any atom is 0.201 e. The summed E-state index contributed by atoms with van der Waals surface area (Å²) in [6.45, 7) is 1.72. The molecule has 0 saturated heterocycles. The molecule has 6 heteroatoms. The number of aryl methyl sites for hydroxylation is 1. The van der Waals surface area contributed by atoms with E-state index in [1.54, 1.807) is 29.7 Å². The van der Waals surface area contributed by atoms with E-state index in [4.69, 9.17) is 0 Å². The normalized spacial score (nSPS) is 10.7. The van der Waals surface area contributed by atoms with Gasteiger partial charge < -0.3 is 0 Å². The van der Waals surface area contributed by atoms with Crippen molar-refractivity contribution in [3.05, 3.63) is 77.4 Å². The van der Waals surface area contributed by atoms with E-state index >= 15 is 0 Å². The molecule has 3 rings (SSSR count). The minimum atomic E-state index is -0.889. The van der Waals surface area contributed by atoms with Crippen molar-refractivity contribution in [1.82, 2.24) is 14.8 Å². The number of aromatic nitrogens is 3. The van der Waals surface area contributed by atoms with Crippen LogP contribution in [0.1, 0.15) is 21.7 Å². The van der Waals surface area contributed by atoms with E-state index in [0.717, 1.165) is 12.1 Å². The Morgan fingerprint density at radius 1 is 1.05 bits per heavy atom. The quantitative estimate of drug-likeness (QED) is 0.698. The molecule has 0 aliphatic heterocycles. The summed E-state index contributed by atoms with van der Waals surface area (Å²) < 4.78 is 29.3. The number of nitrogens with zero attached hydrogens (tertiary/aromatic N) is 3. The van der Waals surface area contributed by atoms with Crippen LogP contribution in [-0.2, 0) is 0 Å². The highest BCUT2D eigenvalue weighted by Crippen LogP contribution is 2.22. The van der Waals surface area contributed by atoms with Crippen LogP contribution in [0.2, 0.25) is 0 Å². The van der Waals surface area contributed by atoms with Crippen LogP contribution in [0.3, 0.4) is 0 Å². The number of halogens is 2. The maximum atomic E-state index is 13.8. The lowest BCUT2D eigenvalue weighted by molar-refractivity contribution is 0.103. The molecule has 0 aliphatic carbocycles. The molecule has 2 aromatic carbocycles. The first kappa shape index (κ1) is 14.1. The zero-order valence-corrected chi connectivity index (χ0v) is 11.6. The SMILES string of the molecule is Cc1nncn1-c1ccccc1C(=O)c1c(F)cccc1F. The highest BCUT2D eigenvalue weighted by Gasteiger charge is 2.22. The Balaban J connectivity index is 2.18. The van der Waals surface area contributed by atoms with Gasteiger partial charge in [-0.2, -0.15) is 0 Å². The summed E-state index contributed by atoms with van der Waals surface area (Å²) in [7, 11) is 0. The van der Waals surface area contributed by atoms with Crippen LogP contribution in [0.15, 0.2) is 48.8 Å². The van der Waals surface area contributed by atoms with Gasteiger partial charge in [-0.15, -0.1) is 10.2 Å². The third-order valence-electron chi connectivity index (χ3n) is 3.32. The van der Waals surface area contributed by atoms with Gasteiger partial charge >= 0.3 is 0 Å². The Bertz CT molecular complexity index is 838. The van der Waals surface area contributed by atoms with Gasteiger partial charge in [-0.1, -0.05) is 18.2 Å². The van der Waals surface area contributed by atoms with Gasteiger partial charge in [0.2, 0.25) is 5.78 Å². The monoisotopic (exact) mass is 299 g/mol. The standard InChI is InChI=1S/C16H11F2N3O/c1-10-20-19-9-21(10)14-8-3-2-5-11(14)16(22)15-12(17)6-4-7-13(15)18/h2-9H,1H3. The highest BCUT2D eigenvalue weighted by atomic mass is 19.1. The largest absolute Gasteiger partial charge is 0.288 e. The Morgan fingerprint density at radius 2 is 1.73 bits per heavy atom. The van der Waals surface area contributed by atoms with E-state index in [-0.39, 0.29) is 5.56 Å². The summed E-state index contributed by atoms with van der Waals surface area (Å²) in [6, 6.07) is 9.88. The highest BCUT2D eigenvalue weighted by molar-refractivity contribution is 6.11. The van der Waals surface area contributed by atoms with Crippen molar-refractivity contribution in [2.45, 2.75) is 6.92 Å². The summed E-state index contributed by atoms with van der Waals surface area (Å²) in [5.41, 5.74) is 0.0766. The predicted octanol–water partition coefficient (Wildman–Crippen LogP) is 3.08. The zero-order valence-electron chi connectivity index (χ0n) is 11.6. The second-order valence-corrected chi connectivity index (χ2v) is 4.69. The molecule has 0 N–H and O–H groups in total. The van der Waals surface area contributed by atoms with Crippen LogP contribution in [-0.4, -0.2) is 20.5 Å². The summed E-state index contributed by atoms with van der Waals surface area (Å²) in [5.74, 6) is -1.94. The van der Waals surface area contributed by atoms with Crippen LogP contribution < -0.4 is 0 Å². The van der Waals surface area contributed by atoms with Gasteiger partial charge in [0, 0.05) is 5.56 Å². The van der Waals surface area contributed by atoms with E-state index < -0.39 is 23.0 Å². The minimum absolute atomic E-state index is 0.175. The topological polar surface area (TPSA) is 47.8 Å². The average molecular weight is 299 g/mol. The van der Waals surface area contributed by atoms with Gasteiger partial charge in [0.15, 0.2) is 0 Å². The molecule has 0 fully saturated rings. The zero-order chi connectivity index (χ0) is 15.7. The third kappa shape index (κ3) is 2.28. The Morgan fingerprint density at radius 3 is 2.36 bits per heavy atom. The lowest BCUT2D eigenvalue weighted by atomic mass is 10.0. The smallest absolute Gasteiger partial charge is 0.201 e. The molecule has 4 nitrogen and oxygen atoms in total. The molecule has 0 radical (unpaired) electrons. The molecule has 0 atom stereocenters. The Kier molecular flexibility index (Phi) is 3.50. The number of ketones is 1. The number of rotatable bonds is 3. The van der Waals surface area contributed by atoms with Crippen LogP contribution in [0.4, 0.5) is 8.78 Å². The van der Waals surface area contributed by atoms with Crippen molar-refractivity contribution in [2.75, 3.05) is 0 Å². The number of hydrogen-bond acceptors (Lipinski definition) is 3. The molecular weight excluding hydrogens is 288 g/mol. The van der Waals surface area contributed by atoms with Crippen LogP contribution in [0, 0.1) is 18.6 Å². The number of para-hydroxylation sites is 1. The number of benzene rings is 2. The number of carbonyl (C=O) groups excluding carboxylic acids is 1. The van der Waals surface area contributed by atoms with E-state index in [9.17, 15) is 13.6 Å². The van der Waals surface area contributed by atoms with Gasteiger partial charge in [-0.25, -0.2) is 8.78 Å². The fourth-order valence-corrected chi connectivity index (χ4v) is 2.25. The van der Waals surface area contributed by atoms with Crippen molar-refractivity contribution in [3.8, 4) is 5.69 Å². The van der Waals surface area contributed by atoms with Crippen molar-refractivity contribution in [1.29, 1.82) is 0 Å². The van der Waals surface area contributed by atoms with E-state index in [1.807, 2.05) is 0 Å². The first-order valence-electron chi connectivity index (χ1n) is 6.54. The van der Waals surface area contributed by atoms with Gasteiger partial charge in [0.25, 0.3) is 0 Å². The molecule has 110 valence electrons. The Hall–Kier alpha value is -2.89. The Labute approximate surface area is 125 Å². The third-order valence-corrected chi connectivity index (χ3v) is 3.32. The maximum absolute atomic E-state index is 13.8. The van der Waals surface area contributed by atoms with E-state index in [0.29, 0.717) is 11.5 Å². The molecule has 0 unspecified atom stereocenters. The van der Waals surface area contributed by atoms with E-state index in [2.05, 4.69) is 10.2 Å². The lowest BCUT2D eigenvalue weighted by Gasteiger charge is -2.11. The molecule has 0 aliphatic rings. The first-order chi connectivity index (χ1) is 10.6. The first-order valence-corrected chi connectivity index (χ1v) is 6.54. The second kappa shape index (κ2) is 5.48. The average Bonchev–Trinajstić information content (AvgIpc) is 2.93. The molecule has 1 aromatic heterocycles. The van der Waals surface area contributed by atoms with E-state index in [1.165, 1.54) is 18.5 Å². The van der Waals surface area contributed by atoms with Crippen molar-refractivity contribution in [2.24, 2.45) is 0 Å². The molecule has 22 heavy (non-hydrogen) atoms. The van der Waals surface area contributed by atoms with Crippen LogP contribution in [0.5, 0.6) is 0 Å². The second-order valence-electron chi connectivity index (χ2n) is 4.69. The molecular formula is C16H11F2N3O. The summed E-state index contributed by atoms with van der Waals surface area (Å²) in [5, 5.41) is 7.61. The molecule has 0 spiro atoms. The lowest BCUT2D eigenvalue weighted by Crippen LogP contribution is -2.11. The van der Waals surface area contributed by atoms with Gasteiger partial charge in [-0.05, 0) is 31.2 Å². The summed E-state index contributed by atoms with van der Waals surface area (Å²) in [4.78, 5) is 12.6. The fourth-order valence-electron chi connectivity index (χ4n) is 2.25. The van der Waals surface area contributed by atoms with Crippen LogP contribution >= 0.6 is 0 Å². The summed E-state index contributed by atoms with van der Waals surface area (Å²) >= 11 is 0. The van der Waals surface area contributed by atoms with Gasteiger partial charge in [0.05, 0.1) is 11.3 Å².